The lowest BCUT2D eigenvalue weighted by Crippen LogP contribution is -2.22. The molecule has 1 N–H and O–H groups in total. The van der Waals surface area contributed by atoms with Crippen molar-refractivity contribution in [1.82, 2.24) is 14.8 Å². The third-order valence-corrected chi connectivity index (χ3v) is 3.21. The van der Waals surface area contributed by atoms with Crippen LogP contribution in [-0.4, -0.2) is 20.7 Å². The quantitative estimate of drug-likeness (QED) is 0.798. The molecule has 3 rings (SSSR count). The monoisotopic (exact) mass is 294 g/mol. The number of pyridine rings is 1. The second-order valence-corrected chi connectivity index (χ2v) is 4.90. The highest BCUT2D eigenvalue weighted by atomic mass is 16.2. The van der Waals surface area contributed by atoms with Crippen molar-refractivity contribution in [3.63, 3.8) is 0 Å². The van der Waals surface area contributed by atoms with Crippen LogP contribution in [0.5, 0.6) is 0 Å². The summed E-state index contributed by atoms with van der Waals surface area (Å²) in [6.07, 6.45) is 1.22. The van der Waals surface area contributed by atoms with Gasteiger partial charge in [-0.25, -0.2) is 4.98 Å². The molecule has 2 aromatic heterocycles. The molecule has 3 aromatic rings. The summed E-state index contributed by atoms with van der Waals surface area (Å²) < 4.78 is 1.50. The van der Waals surface area contributed by atoms with Gasteiger partial charge in [-0.2, -0.15) is 5.10 Å². The number of nitrogens with zero attached hydrogens (tertiary/aromatic N) is 3. The smallest absolute Gasteiger partial charge is 0.247 e. The van der Waals surface area contributed by atoms with Crippen LogP contribution in [0.15, 0.2) is 53.5 Å². The van der Waals surface area contributed by atoms with Crippen LogP contribution in [0.1, 0.15) is 5.69 Å². The largest absolute Gasteiger partial charge is 0.309 e. The molecule has 0 spiro atoms. The first-order valence-electron chi connectivity index (χ1n) is 6.82. The summed E-state index contributed by atoms with van der Waals surface area (Å²) in [5, 5.41) is 7.29. The maximum absolute atomic E-state index is 12.1. The number of nitrogens with one attached hydrogen (secondary N) is 1. The minimum Gasteiger partial charge on any atom is -0.309 e. The van der Waals surface area contributed by atoms with Crippen molar-refractivity contribution in [1.29, 1.82) is 0 Å². The number of rotatable bonds is 3. The van der Waals surface area contributed by atoms with Gasteiger partial charge in [-0.3, -0.25) is 14.3 Å². The molecule has 6 nitrogen and oxygen atoms in total. The number of hydrogen-bond acceptors (Lipinski definition) is 4. The molecule has 0 radical (unpaired) electrons. The summed E-state index contributed by atoms with van der Waals surface area (Å²) in [6.45, 7) is 1.86. The average molecular weight is 294 g/mol. The maximum Gasteiger partial charge on any atom is 0.247 e. The topological polar surface area (TPSA) is 76.9 Å². The number of amides is 1. The summed E-state index contributed by atoms with van der Waals surface area (Å²) >= 11 is 0. The van der Waals surface area contributed by atoms with Crippen LogP contribution >= 0.6 is 0 Å². The fourth-order valence-corrected chi connectivity index (χ4v) is 2.22. The van der Waals surface area contributed by atoms with Gasteiger partial charge in [0.25, 0.3) is 0 Å². The Hall–Kier alpha value is -3.02. The number of anilines is 1. The number of hydrogen-bond donors (Lipinski definition) is 1. The summed E-state index contributed by atoms with van der Waals surface area (Å²) in [4.78, 5) is 28.1. The van der Waals surface area contributed by atoms with Gasteiger partial charge in [-0.15, -0.1) is 0 Å². The summed E-state index contributed by atoms with van der Waals surface area (Å²) in [6, 6.07) is 12.5. The lowest BCUT2D eigenvalue weighted by Gasteiger charge is -2.09. The van der Waals surface area contributed by atoms with Crippen LogP contribution in [0, 0.1) is 6.92 Å². The Kier molecular flexibility index (Phi) is 3.65. The number of carbonyl (C=O) groups is 1. The van der Waals surface area contributed by atoms with Crippen molar-refractivity contribution in [2.75, 3.05) is 5.32 Å². The molecule has 0 aliphatic rings. The first-order chi connectivity index (χ1) is 10.6. The van der Waals surface area contributed by atoms with E-state index in [9.17, 15) is 9.59 Å². The lowest BCUT2D eigenvalue weighted by molar-refractivity contribution is -0.116. The number of para-hydroxylation sites is 1. The number of aromatic nitrogens is 3. The van der Waals surface area contributed by atoms with Gasteiger partial charge < -0.3 is 5.32 Å². The Labute approximate surface area is 126 Å². The Balaban J connectivity index is 1.86. The van der Waals surface area contributed by atoms with E-state index < -0.39 is 0 Å². The fourth-order valence-electron chi connectivity index (χ4n) is 2.22. The van der Waals surface area contributed by atoms with Crippen LogP contribution in [0.25, 0.3) is 10.9 Å². The fraction of sp³-hybridized carbons (Fsp3) is 0.125. The Morgan fingerprint density at radius 1 is 1.18 bits per heavy atom. The molecule has 1 aromatic carbocycles. The van der Waals surface area contributed by atoms with Gasteiger partial charge in [-0.1, -0.05) is 18.2 Å². The molecule has 2 heterocycles. The molecule has 0 saturated carbocycles. The number of benzene rings is 1. The van der Waals surface area contributed by atoms with E-state index in [2.05, 4.69) is 15.4 Å². The zero-order valence-corrected chi connectivity index (χ0v) is 12.0. The van der Waals surface area contributed by atoms with E-state index in [4.69, 9.17) is 0 Å². The van der Waals surface area contributed by atoms with Crippen LogP contribution in [-0.2, 0) is 11.3 Å². The maximum atomic E-state index is 12.1. The third kappa shape index (κ3) is 2.85. The zero-order chi connectivity index (χ0) is 15.5. The summed E-state index contributed by atoms with van der Waals surface area (Å²) in [5.41, 5.74) is 1.29. The summed E-state index contributed by atoms with van der Waals surface area (Å²) in [5.74, 6) is 0.245. The summed E-state index contributed by atoms with van der Waals surface area (Å²) in [7, 11) is 0. The highest BCUT2D eigenvalue weighted by molar-refractivity contribution is 5.90. The molecule has 0 unspecified atom stereocenters. The van der Waals surface area contributed by atoms with E-state index in [-0.39, 0.29) is 17.9 Å². The molecule has 110 valence electrons. The van der Waals surface area contributed by atoms with Gasteiger partial charge in [0.05, 0.1) is 11.7 Å². The molecule has 6 heteroatoms. The molecule has 0 bridgehead atoms. The second-order valence-electron chi connectivity index (χ2n) is 4.90. The highest BCUT2D eigenvalue weighted by Crippen LogP contribution is 2.08. The van der Waals surface area contributed by atoms with Crippen LogP contribution < -0.4 is 10.7 Å². The van der Waals surface area contributed by atoms with E-state index in [0.29, 0.717) is 16.7 Å². The van der Waals surface area contributed by atoms with Crippen molar-refractivity contribution >= 4 is 22.6 Å². The molecular weight excluding hydrogens is 280 g/mol. The van der Waals surface area contributed by atoms with Crippen LogP contribution in [0.2, 0.25) is 0 Å². The SMILES string of the molecule is Cc1cccc(NC(=O)Cn2ncc(=O)c3ccccc32)n1. The first-order valence-corrected chi connectivity index (χ1v) is 6.82. The van der Waals surface area contributed by atoms with Crippen molar-refractivity contribution < 1.29 is 4.79 Å². The Bertz CT molecular complexity index is 902. The van der Waals surface area contributed by atoms with Crippen LogP contribution in [0.3, 0.4) is 0 Å². The van der Waals surface area contributed by atoms with Gasteiger partial charge >= 0.3 is 0 Å². The van der Waals surface area contributed by atoms with Gasteiger partial charge in [0.1, 0.15) is 12.4 Å². The van der Waals surface area contributed by atoms with E-state index in [1.807, 2.05) is 19.1 Å². The molecule has 0 atom stereocenters. The lowest BCUT2D eigenvalue weighted by atomic mass is 10.2. The molecule has 0 aliphatic heterocycles. The predicted octanol–water partition coefficient (Wildman–Crippen LogP) is 1.74. The Morgan fingerprint density at radius 2 is 2.00 bits per heavy atom. The van der Waals surface area contributed by atoms with Crippen molar-refractivity contribution in [2.24, 2.45) is 0 Å². The normalized spacial score (nSPS) is 10.6. The van der Waals surface area contributed by atoms with E-state index in [0.717, 1.165) is 5.69 Å². The van der Waals surface area contributed by atoms with Crippen LogP contribution in [0.4, 0.5) is 5.82 Å². The van der Waals surface area contributed by atoms with E-state index in [1.54, 1.807) is 30.3 Å². The highest BCUT2D eigenvalue weighted by Gasteiger charge is 2.08. The number of aryl methyl sites for hydroxylation is 1. The molecule has 22 heavy (non-hydrogen) atoms. The molecule has 1 amide bonds. The van der Waals surface area contributed by atoms with Gasteiger partial charge in [0, 0.05) is 11.1 Å². The second kappa shape index (κ2) is 5.77. The minimum atomic E-state index is -0.251. The zero-order valence-electron chi connectivity index (χ0n) is 12.0. The third-order valence-electron chi connectivity index (χ3n) is 3.21. The molecular formula is C16H14N4O2. The molecule has 0 fully saturated rings. The van der Waals surface area contributed by atoms with E-state index >= 15 is 0 Å². The predicted molar refractivity (Wildman–Crippen MR) is 83.6 cm³/mol. The average Bonchev–Trinajstić information content (AvgIpc) is 2.50. The van der Waals surface area contributed by atoms with Gasteiger partial charge in [0.2, 0.25) is 11.3 Å². The van der Waals surface area contributed by atoms with Gasteiger partial charge in [-0.05, 0) is 31.2 Å². The minimum absolute atomic E-state index is 0.0103. The number of carbonyl (C=O) groups excluding carboxylic acids is 1. The number of fused-ring (bicyclic) bond motifs is 1. The van der Waals surface area contributed by atoms with Crippen molar-refractivity contribution in [2.45, 2.75) is 13.5 Å². The van der Waals surface area contributed by atoms with Crippen molar-refractivity contribution in [3.05, 3.63) is 64.6 Å². The van der Waals surface area contributed by atoms with Crippen molar-refractivity contribution in [3.8, 4) is 0 Å². The first kappa shape index (κ1) is 13.9. The standard InChI is InChI=1S/C16H14N4O2/c1-11-5-4-8-15(18-11)19-16(22)10-20-13-7-3-2-6-12(13)14(21)9-17-20/h2-9H,10H2,1H3,(H,18,19,22). The Morgan fingerprint density at radius 3 is 2.82 bits per heavy atom. The van der Waals surface area contributed by atoms with E-state index in [1.165, 1.54) is 10.9 Å². The van der Waals surface area contributed by atoms with Gasteiger partial charge in [0.15, 0.2) is 0 Å². The molecule has 0 aliphatic carbocycles. The molecule has 0 saturated heterocycles.